The van der Waals surface area contributed by atoms with Gasteiger partial charge in [-0.3, -0.25) is 9.10 Å². The smallest absolute Gasteiger partial charge is 0.303 e. The summed E-state index contributed by atoms with van der Waals surface area (Å²) in [5.41, 5.74) is 0.559. The van der Waals surface area contributed by atoms with E-state index in [0.29, 0.717) is 5.69 Å². The summed E-state index contributed by atoms with van der Waals surface area (Å²) in [5.74, 6) is -0.925. The van der Waals surface area contributed by atoms with Gasteiger partial charge in [0.15, 0.2) is 0 Å². The van der Waals surface area contributed by atoms with Crippen molar-refractivity contribution in [2.45, 2.75) is 12.8 Å². The van der Waals surface area contributed by atoms with Gasteiger partial charge in [0.1, 0.15) is 0 Å². The maximum absolute atomic E-state index is 11.7. The summed E-state index contributed by atoms with van der Waals surface area (Å²) >= 11 is 2.13. The summed E-state index contributed by atoms with van der Waals surface area (Å²) in [5, 5.41) is 8.57. The van der Waals surface area contributed by atoms with Crippen molar-refractivity contribution in [3.63, 3.8) is 0 Å². The Balaban J connectivity index is 2.86. The molecule has 0 spiro atoms. The van der Waals surface area contributed by atoms with E-state index in [-0.39, 0.29) is 19.4 Å². The molecule has 1 aromatic carbocycles. The number of rotatable bonds is 6. The van der Waals surface area contributed by atoms with Crippen LogP contribution in [0.4, 0.5) is 5.69 Å². The van der Waals surface area contributed by atoms with E-state index in [1.165, 1.54) is 4.31 Å². The fraction of sp³-hybridized carbons (Fsp3) is 0.364. The molecular weight excluding hydrogens is 369 g/mol. The van der Waals surface area contributed by atoms with Crippen LogP contribution in [0.1, 0.15) is 12.8 Å². The van der Waals surface area contributed by atoms with Gasteiger partial charge >= 0.3 is 5.97 Å². The van der Waals surface area contributed by atoms with Gasteiger partial charge in [-0.1, -0.05) is 0 Å². The van der Waals surface area contributed by atoms with Gasteiger partial charge in [0.2, 0.25) is 10.0 Å². The van der Waals surface area contributed by atoms with Crippen LogP contribution in [-0.4, -0.2) is 32.3 Å². The quantitative estimate of drug-likeness (QED) is 0.762. The van der Waals surface area contributed by atoms with E-state index < -0.39 is 16.0 Å². The molecule has 0 heterocycles. The summed E-state index contributed by atoms with van der Waals surface area (Å²) in [6, 6.07) is 7.05. The van der Waals surface area contributed by atoms with Crippen LogP contribution in [0.3, 0.4) is 0 Å². The number of sulfonamides is 1. The van der Waals surface area contributed by atoms with Crippen molar-refractivity contribution >= 4 is 44.3 Å². The molecule has 5 nitrogen and oxygen atoms in total. The third-order valence-corrected chi connectivity index (χ3v) is 4.18. The number of carbonyl (C=O) groups is 1. The van der Waals surface area contributed by atoms with Gasteiger partial charge < -0.3 is 5.11 Å². The molecule has 7 heteroatoms. The van der Waals surface area contributed by atoms with E-state index in [9.17, 15) is 13.2 Å². The molecule has 1 rings (SSSR count). The van der Waals surface area contributed by atoms with E-state index in [1.54, 1.807) is 12.1 Å². The second-order valence-corrected chi connectivity index (χ2v) is 6.96. The van der Waals surface area contributed by atoms with Gasteiger partial charge in [0, 0.05) is 16.5 Å². The van der Waals surface area contributed by atoms with Crippen molar-refractivity contribution in [1.29, 1.82) is 0 Å². The summed E-state index contributed by atoms with van der Waals surface area (Å²) in [6.45, 7) is 0.172. The second-order valence-electron chi connectivity index (χ2n) is 3.81. The highest BCUT2D eigenvalue weighted by atomic mass is 127. The molecule has 0 aliphatic heterocycles. The lowest BCUT2D eigenvalue weighted by Crippen LogP contribution is -2.31. The second kappa shape index (κ2) is 6.37. The normalized spacial score (nSPS) is 11.2. The Labute approximate surface area is 120 Å². The number of halogens is 1. The first-order valence-electron chi connectivity index (χ1n) is 5.26. The molecule has 0 atom stereocenters. The Morgan fingerprint density at radius 3 is 2.33 bits per heavy atom. The van der Waals surface area contributed by atoms with E-state index >= 15 is 0 Å². The van der Waals surface area contributed by atoms with Crippen LogP contribution in [0.2, 0.25) is 0 Å². The Bertz CT molecular complexity index is 512. The molecule has 0 aliphatic rings. The molecule has 0 radical (unpaired) electrons. The first-order valence-corrected chi connectivity index (χ1v) is 8.18. The largest absolute Gasteiger partial charge is 0.481 e. The van der Waals surface area contributed by atoms with Crippen LogP contribution in [0, 0.1) is 3.57 Å². The maximum atomic E-state index is 11.7. The van der Waals surface area contributed by atoms with Gasteiger partial charge in [0.25, 0.3) is 0 Å². The molecule has 0 bridgehead atoms. The third kappa shape index (κ3) is 4.81. The maximum Gasteiger partial charge on any atom is 0.303 e. The Morgan fingerprint density at radius 2 is 1.89 bits per heavy atom. The lowest BCUT2D eigenvalue weighted by atomic mass is 10.3. The van der Waals surface area contributed by atoms with Crippen LogP contribution in [0.5, 0.6) is 0 Å². The standard InChI is InChI=1S/C11H14INO4S/c1-18(16,17)13(8-2-3-11(14)15)10-6-4-9(12)5-7-10/h4-7H,2-3,8H2,1H3,(H,14,15). The summed E-state index contributed by atoms with van der Waals surface area (Å²) in [7, 11) is -3.39. The van der Waals surface area contributed by atoms with E-state index in [1.807, 2.05) is 12.1 Å². The summed E-state index contributed by atoms with van der Waals surface area (Å²) in [6.07, 6.45) is 1.36. The van der Waals surface area contributed by atoms with Crippen LogP contribution in [0.15, 0.2) is 24.3 Å². The van der Waals surface area contributed by atoms with E-state index in [2.05, 4.69) is 22.6 Å². The SMILES string of the molecule is CS(=O)(=O)N(CCCC(=O)O)c1ccc(I)cc1. The number of aliphatic carboxylic acids is 1. The Morgan fingerprint density at radius 1 is 1.33 bits per heavy atom. The Kier molecular flexibility index (Phi) is 5.39. The average Bonchev–Trinajstić information content (AvgIpc) is 2.24. The van der Waals surface area contributed by atoms with Crippen molar-refractivity contribution in [3.8, 4) is 0 Å². The van der Waals surface area contributed by atoms with Crippen LogP contribution in [0.25, 0.3) is 0 Å². The molecule has 1 aromatic rings. The number of anilines is 1. The van der Waals surface area contributed by atoms with Gasteiger partial charge in [-0.2, -0.15) is 0 Å². The van der Waals surface area contributed by atoms with Crippen molar-refractivity contribution in [1.82, 2.24) is 0 Å². The van der Waals surface area contributed by atoms with Crippen molar-refractivity contribution in [2.75, 3.05) is 17.1 Å². The van der Waals surface area contributed by atoms with Crippen molar-refractivity contribution < 1.29 is 18.3 Å². The molecule has 0 fully saturated rings. The van der Waals surface area contributed by atoms with Crippen LogP contribution < -0.4 is 4.31 Å². The lowest BCUT2D eigenvalue weighted by Gasteiger charge is -2.22. The molecule has 100 valence electrons. The van der Waals surface area contributed by atoms with Crippen molar-refractivity contribution in [2.24, 2.45) is 0 Å². The van der Waals surface area contributed by atoms with Crippen molar-refractivity contribution in [3.05, 3.63) is 27.8 Å². The average molecular weight is 383 g/mol. The summed E-state index contributed by atoms with van der Waals surface area (Å²) < 4.78 is 25.6. The highest BCUT2D eigenvalue weighted by Crippen LogP contribution is 2.19. The van der Waals surface area contributed by atoms with Crippen LogP contribution in [-0.2, 0) is 14.8 Å². The predicted molar refractivity (Wildman–Crippen MR) is 78.2 cm³/mol. The number of nitrogens with zero attached hydrogens (tertiary/aromatic N) is 1. The topological polar surface area (TPSA) is 74.7 Å². The highest BCUT2D eigenvalue weighted by molar-refractivity contribution is 14.1. The molecule has 0 unspecified atom stereocenters. The molecule has 18 heavy (non-hydrogen) atoms. The van der Waals surface area contributed by atoms with Gasteiger partial charge in [-0.25, -0.2) is 8.42 Å². The highest BCUT2D eigenvalue weighted by Gasteiger charge is 2.17. The van der Waals surface area contributed by atoms with E-state index in [4.69, 9.17) is 5.11 Å². The van der Waals surface area contributed by atoms with Gasteiger partial charge in [-0.15, -0.1) is 0 Å². The van der Waals surface area contributed by atoms with Crippen LogP contribution >= 0.6 is 22.6 Å². The van der Waals surface area contributed by atoms with Gasteiger partial charge in [0.05, 0.1) is 11.9 Å². The number of hydrogen-bond donors (Lipinski definition) is 1. The minimum absolute atomic E-state index is 0.0452. The first-order chi connectivity index (χ1) is 8.30. The molecule has 0 saturated carbocycles. The van der Waals surface area contributed by atoms with Gasteiger partial charge in [-0.05, 0) is 53.3 Å². The molecule has 0 amide bonds. The number of benzene rings is 1. The molecule has 1 N–H and O–H groups in total. The minimum Gasteiger partial charge on any atom is -0.481 e. The first kappa shape index (κ1) is 15.2. The molecule has 0 aliphatic carbocycles. The fourth-order valence-electron chi connectivity index (χ4n) is 1.47. The summed E-state index contributed by atoms with van der Waals surface area (Å²) in [4.78, 5) is 10.4. The molecule has 0 saturated heterocycles. The monoisotopic (exact) mass is 383 g/mol. The number of carboxylic acid groups (broad SMARTS) is 1. The zero-order valence-electron chi connectivity index (χ0n) is 9.84. The number of hydrogen-bond acceptors (Lipinski definition) is 3. The Hall–Kier alpha value is -0.830. The molecular formula is C11H14INO4S. The predicted octanol–water partition coefficient (Wildman–Crippen LogP) is 1.92. The zero-order chi connectivity index (χ0) is 13.8. The van der Waals surface area contributed by atoms with E-state index in [0.717, 1.165) is 9.83 Å². The third-order valence-electron chi connectivity index (χ3n) is 2.27. The lowest BCUT2D eigenvalue weighted by molar-refractivity contribution is -0.137. The molecule has 0 aromatic heterocycles. The fourth-order valence-corrected chi connectivity index (χ4v) is 2.79. The number of carboxylic acids is 1. The minimum atomic E-state index is -3.39. The zero-order valence-corrected chi connectivity index (χ0v) is 12.8.